The summed E-state index contributed by atoms with van der Waals surface area (Å²) in [6.07, 6.45) is 2.45. The molecule has 6 heteroatoms. The first-order valence-corrected chi connectivity index (χ1v) is 7.78. The lowest BCUT2D eigenvalue weighted by Gasteiger charge is -2.33. The molecule has 1 saturated heterocycles. The molecule has 1 aromatic rings. The third kappa shape index (κ3) is 4.46. The number of amides is 1. The van der Waals surface area contributed by atoms with Crippen LogP contribution in [0.15, 0.2) is 28.7 Å². The lowest BCUT2D eigenvalue weighted by molar-refractivity contribution is -0.152. The lowest BCUT2D eigenvalue weighted by Crippen LogP contribution is -2.48. The number of nitrogens with zero attached hydrogens (tertiary/aromatic N) is 1. The minimum absolute atomic E-state index is 0.154. The van der Waals surface area contributed by atoms with Crippen molar-refractivity contribution in [3.8, 4) is 5.75 Å². The number of carbonyl (C=O) groups excluding carboxylic acids is 1. The molecule has 0 saturated carbocycles. The van der Waals surface area contributed by atoms with Crippen molar-refractivity contribution in [1.82, 2.24) is 4.90 Å². The van der Waals surface area contributed by atoms with Gasteiger partial charge in [-0.1, -0.05) is 15.9 Å². The first kappa shape index (κ1) is 15.8. The zero-order valence-electron chi connectivity index (χ0n) is 11.6. The number of aliphatic carboxylic acids is 1. The number of hydrogen-bond acceptors (Lipinski definition) is 3. The second-order valence-corrected chi connectivity index (χ2v) is 5.91. The predicted octanol–water partition coefficient (Wildman–Crippen LogP) is 2.68. The van der Waals surface area contributed by atoms with E-state index in [1.54, 1.807) is 0 Å². The smallest absolute Gasteiger partial charge is 0.326 e. The first-order chi connectivity index (χ1) is 10.1. The van der Waals surface area contributed by atoms with Crippen molar-refractivity contribution in [3.05, 3.63) is 28.7 Å². The van der Waals surface area contributed by atoms with Crippen LogP contribution in [-0.2, 0) is 9.59 Å². The number of hydrogen-bond donors (Lipinski definition) is 1. The van der Waals surface area contributed by atoms with Gasteiger partial charge in [-0.3, -0.25) is 4.79 Å². The number of carboxylic acids is 1. The molecule has 1 N–H and O–H groups in total. The van der Waals surface area contributed by atoms with Crippen LogP contribution < -0.4 is 4.74 Å². The Morgan fingerprint density at radius 3 is 2.67 bits per heavy atom. The number of likely N-dealkylation sites (tertiary alicyclic amines) is 1. The first-order valence-electron chi connectivity index (χ1n) is 6.98. The second-order valence-electron chi connectivity index (χ2n) is 4.99. The van der Waals surface area contributed by atoms with Gasteiger partial charge in [0, 0.05) is 11.0 Å². The van der Waals surface area contributed by atoms with Crippen LogP contribution >= 0.6 is 15.9 Å². The van der Waals surface area contributed by atoms with Gasteiger partial charge in [0.25, 0.3) is 0 Å². The Morgan fingerprint density at radius 2 is 2.00 bits per heavy atom. The summed E-state index contributed by atoms with van der Waals surface area (Å²) in [7, 11) is 0. The summed E-state index contributed by atoms with van der Waals surface area (Å²) in [5.74, 6) is -0.379. The Morgan fingerprint density at radius 1 is 1.29 bits per heavy atom. The summed E-state index contributed by atoms with van der Waals surface area (Å²) >= 11 is 3.34. The SMILES string of the molecule is O=C(O)[C@H]1CCCCN1C(=O)CCOc1ccc(Br)cc1. The average molecular weight is 356 g/mol. The minimum Gasteiger partial charge on any atom is -0.493 e. The van der Waals surface area contributed by atoms with Crippen LogP contribution in [0.3, 0.4) is 0 Å². The minimum atomic E-state index is -0.920. The largest absolute Gasteiger partial charge is 0.493 e. The van der Waals surface area contributed by atoms with Crippen molar-refractivity contribution in [3.63, 3.8) is 0 Å². The number of halogens is 1. The standard InChI is InChI=1S/C15H18BrNO4/c16-11-4-6-12(7-5-11)21-10-8-14(18)17-9-2-1-3-13(17)15(19)20/h4-7,13H,1-3,8-10H2,(H,19,20)/t13-/m1/s1. The van der Waals surface area contributed by atoms with Gasteiger partial charge in [-0.15, -0.1) is 0 Å². The number of benzene rings is 1. The molecule has 5 nitrogen and oxygen atoms in total. The van der Waals surface area contributed by atoms with E-state index in [4.69, 9.17) is 9.84 Å². The van der Waals surface area contributed by atoms with Gasteiger partial charge in [-0.25, -0.2) is 4.79 Å². The van der Waals surface area contributed by atoms with E-state index in [0.717, 1.165) is 17.3 Å². The molecule has 0 aliphatic carbocycles. The third-order valence-corrected chi connectivity index (χ3v) is 4.04. The lowest BCUT2D eigenvalue weighted by atomic mass is 10.0. The summed E-state index contributed by atoms with van der Waals surface area (Å²) in [6, 6.07) is 6.68. The Bertz CT molecular complexity index is 503. The van der Waals surface area contributed by atoms with Crippen molar-refractivity contribution < 1.29 is 19.4 Å². The van der Waals surface area contributed by atoms with Crippen LogP contribution in [0.2, 0.25) is 0 Å². The summed E-state index contributed by atoms with van der Waals surface area (Å²) in [6.45, 7) is 0.775. The molecule has 0 spiro atoms. The van der Waals surface area contributed by atoms with Crippen LogP contribution in [0, 0.1) is 0 Å². The van der Waals surface area contributed by atoms with Crippen LogP contribution in [0.5, 0.6) is 5.75 Å². The van der Waals surface area contributed by atoms with Gasteiger partial charge in [0.15, 0.2) is 0 Å². The molecule has 1 atom stereocenters. The van der Waals surface area contributed by atoms with Crippen molar-refractivity contribution in [2.24, 2.45) is 0 Å². The van der Waals surface area contributed by atoms with Gasteiger partial charge >= 0.3 is 5.97 Å². The summed E-state index contributed by atoms with van der Waals surface area (Å²) in [4.78, 5) is 24.8. The van der Waals surface area contributed by atoms with Crippen molar-refractivity contribution in [2.45, 2.75) is 31.7 Å². The molecular formula is C15H18BrNO4. The summed E-state index contributed by atoms with van der Waals surface area (Å²) < 4.78 is 6.46. The molecule has 2 rings (SSSR count). The molecule has 1 aliphatic rings. The number of carboxylic acid groups (broad SMARTS) is 1. The van der Waals surface area contributed by atoms with Crippen LogP contribution in [-0.4, -0.2) is 41.1 Å². The highest BCUT2D eigenvalue weighted by Crippen LogP contribution is 2.19. The molecule has 21 heavy (non-hydrogen) atoms. The monoisotopic (exact) mass is 355 g/mol. The number of rotatable bonds is 5. The van der Waals surface area contributed by atoms with E-state index in [2.05, 4.69) is 15.9 Å². The highest BCUT2D eigenvalue weighted by molar-refractivity contribution is 9.10. The van der Waals surface area contributed by atoms with Gasteiger partial charge in [0.2, 0.25) is 5.91 Å². The Hall–Kier alpha value is -1.56. The predicted molar refractivity (Wildman–Crippen MR) is 81.2 cm³/mol. The molecule has 0 bridgehead atoms. The molecule has 1 amide bonds. The molecular weight excluding hydrogens is 338 g/mol. The van der Waals surface area contributed by atoms with Crippen LogP contribution in [0.1, 0.15) is 25.7 Å². The van der Waals surface area contributed by atoms with E-state index in [0.29, 0.717) is 18.7 Å². The molecule has 0 radical (unpaired) electrons. The average Bonchev–Trinajstić information content (AvgIpc) is 2.49. The maximum Gasteiger partial charge on any atom is 0.326 e. The van der Waals surface area contributed by atoms with E-state index in [1.807, 2.05) is 24.3 Å². The maximum atomic E-state index is 12.1. The maximum absolute atomic E-state index is 12.1. The van der Waals surface area contributed by atoms with Gasteiger partial charge < -0.3 is 14.7 Å². The van der Waals surface area contributed by atoms with Gasteiger partial charge in [-0.2, -0.15) is 0 Å². The molecule has 114 valence electrons. The van der Waals surface area contributed by atoms with E-state index in [9.17, 15) is 9.59 Å². The summed E-state index contributed by atoms with van der Waals surface area (Å²) in [5.41, 5.74) is 0. The number of piperidine rings is 1. The van der Waals surface area contributed by atoms with Crippen molar-refractivity contribution in [1.29, 1.82) is 0 Å². The molecule has 1 fully saturated rings. The molecule has 0 unspecified atom stereocenters. The zero-order valence-corrected chi connectivity index (χ0v) is 13.2. The topological polar surface area (TPSA) is 66.8 Å². The Kier molecular flexibility index (Phi) is 5.61. The van der Waals surface area contributed by atoms with Gasteiger partial charge in [-0.05, 0) is 43.5 Å². The van der Waals surface area contributed by atoms with Crippen molar-refractivity contribution >= 4 is 27.8 Å². The normalized spacial score (nSPS) is 18.3. The fraction of sp³-hybridized carbons (Fsp3) is 0.467. The molecule has 1 aromatic carbocycles. The highest BCUT2D eigenvalue weighted by Gasteiger charge is 2.31. The number of ether oxygens (including phenoxy) is 1. The highest BCUT2D eigenvalue weighted by atomic mass is 79.9. The van der Waals surface area contributed by atoms with Crippen LogP contribution in [0.4, 0.5) is 0 Å². The number of carbonyl (C=O) groups is 2. The zero-order chi connectivity index (χ0) is 15.2. The molecule has 0 aromatic heterocycles. The fourth-order valence-corrected chi connectivity index (χ4v) is 2.68. The Balaban J connectivity index is 1.83. The van der Waals surface area contributed by atoms with Gasteiger partial charge in [0.1, 0.15) is 11.8 Å². The third-order valence-electron chi connectivity index (χ3n) is 3.51. The van der Waals surface area contributed by atoms with Crippen LogP contribution in [0.25, 0.3) is 0 Å². The van der Waals surface area contributed by atoms with Crippen molar-refractivity contribution in [2.75, 3.05) is 13.2 Å². The van der Waals surface area contributed by atoms with E-state index in [1.165, 1.54) is 4.90 Å². The Labute approximate surface area is 132 Å². The van der Waals surface area contributed by atoms with Gasteiger partial charge in [0.05, 0.1) is 13.0 Å². The quantitative estimate of drug-likeness (QED) is 0.881. The van der Waals surface area contributed by atoms with E-state index >= 15 is 0 Å². The molecule has 1 heterocycles. The van der Waals surface area contributed by atoms with E-state index < -0.39 is 12.0 Å². The fourth-order valence-electron chi connectivity index (χ4n) is 2.42. The molecule has 1 aliphatic heterocycles. The summed E-state index contributed by atoms with van der Waals surface area (Å²) in [5, 5.41) is 9.16. The second kappa shape index (κ2) is 7.45. The van der Waals surface area contributed by atoms with E-state index in [-0.39, 0.29) is 18.9 Å².